The predicted molar refractivity (Wildman–Crippen MR) is 179 cm³/mol. The molecule has 6 nitrogen and oxygen atoms in total. The van der Waals surface area contributed by atoms with Crippen LogP contribution in [0.2, 0.25) is 0 Å². The largest absolute Gasteiger partial charge is 0.446 e. The highest BCUT2D eigenvalue weighted by Gasteiger charge is 2.58. The fraction of sp³-hybridized carbons (Fsp3) is 0.895. The summed E-state index contributed by atoms with van der Waals surface area (Å²) in [6.07, 6.45) is 16.8. The maximum absolute atomic E-state index is 12.8. The second kappa shape index (κ2) is 13.6. The van der Waals surface area contributed by atoms with Crippen LogP contribution in [0.15, 0.2) is 11.6 Å². The summed E-state index contributed by atoms with van der Waals surface area (Å²) >= 11 is 0. The maximum atomic E-state index is 12.8. The van der Waals surface area contributed by atoms with Gasteiger partial charge in [0.05, 0.1) is 5.54 Å². The second-order valence-electron chi connectivity index (χ2n) is 17.6. The van der Waals surface area contributed by atoms with Crippen LogP contribution in [0, 0.1) is 46.3 Å². The van der Waals surface area contributed by atoms with Crippen molar-refractivity contribution in [2.75, 3.05) is 6.54 Å². The molecule has 0 aromatic rings. The van der Waals surface area contributed by atoms with Crippen molar-refractivity contribution in [3.63, 3.8) is 0 Å². The van der Waals surface area contributed by atoms with E-state index >= 15 is 0 Å². The van der Waals surface area contributed by atoms with E-state index in [2.05, 4.69) is 51.3 Å². The summed E-state index contributed by atoms with van der Waals surface area (Å²) in [5.41, 5.74) is 1.06. The molecule has 4 rings (SSSR count). The molecule has 6 heteroatoms. The minimum atomic E-state index is -0.659. The highest BCUT2D eigenvalue weighted by atomic mass is 16.6. The van der Waals surface area contributed by atoms with Gasteiger partial charge >= 0.3 is 12.2 Å². The van der Waals surface area contributed by atoms with E-state index in [1.165, 1.54) is 63.4 Å². The van der Waals surface area contributed by atoms with Gasteiger partial charge in [0.25, 0.3) is 0 Å². The summed E-state index contributed by atoms with van der Waals surface area (Å²) in [5.74, 6) is 5.04. The quantitative estimate of drug-likeness (QED) is 0.240. The van der Waals surface area contributed by atoms with Crippen molar-refractivity contribution < 1.29 is 19.1 Å². The highest BCUT2D eigenvalue weighted by molar-refractivity contribution is 5.70. The van der Waals surface area contributed by atoms with Gasteiger partial charge in [0.1, 0.15) is 11.7 Å². The number of hydrogen-bond donors (Lipinski definition) is 2. The van der Waals surface area contributed by atoms with Crippen LogP contribution in [0.5, 0.6) is 0 Å². The first kappa shape index (κ1) is 35.1. The Balaban J connectivity index is 1.29. The van der Waals surface area contributed by atoms with E-state index in [4.69, 9.17) is 9.47 Å². The number of carbonyl (C=O) groups excluding carboxylic acids is 2. The number of hydrogen-bond acceptors (Lipinski definition) is 4. The number of allylic oxidation sites excluding steroid dienone is 1. The summed E-state index contributed by atoms with van der Waals surface area (Å²) in [5, 5.41) is 5.72. The first-order chi connectivity index (χ1) is 20.5. The molecule has 0 spiro atoms. The third kappa shape index (κ3) is 7.97. The van der Waals surface area contributed by atoms with Gasteiger partial charge in [-0.2, -0.15) is 0 Å². The molecule has 252 valence electrons. The van der Waals surface area contributed by atoms with Crippen LogP contribution in [-0.2, 0) is 9.47 Å². The van der Waals surface area contributed by atoms with Crippen molar-refractivity contribution in [3.8, 4) is 0 Å². The molecule has 2 amide bonds. The van der Waals surface area contributed by atoms with Crippen molar-refractivity contribution in [3.05, 3.63) is 11.6 Å². The van der Waals surface area contributed by atoms with Gasteiger partial charge in [0.2, 0.25) is 0 Å². The number of fused-ring (bicyclic) bond motifs is 5. The molecule has 0 aromatic heterocycles. The molecule has 3 fully saturated rings. The fourth-order valence-electron chi connectivity index (χ4n) is 10.1. The van der Waals surface area contributed by atoms with Crippen LogP contribution in [0.1, 0.15) is 146 Å². The molecular formula is C38H66N2O4. The van der Waals surface area contributed by atoms with Crippen LogP contribution in [-0.4, -0.2) is 36.0 Å². The zero-order chi connectivity index (χ0) is 32.5. The highest BCUT2D eigenvalue weighted by Crippen LogP contribution is 2.66. The molecule has 0 bridgehead atoms. The van der Waals surface area contributed by atoms with E-state index in [1.54, 1.807) is 0 Å². The van der Waals surface area contributed by atoms with E-state index in [-0.39, 0.29) is 18.1 Å². The van der Waals surface area contributed by atoms with E-state index in [9.17, 15) is 9.59 Å². The molecule has 0 saturated heterocycles. The number of alkyl carbamates (subject to hydrolysis) is 2. The van der Waals surface area contributed by atoms with Gasteiger partial charge in [-0.25, -0.2) is 9.59 Å². The maximum Gasteiger partial charge on any atom is 0.408 e. The average molecular weight is 615 g/mol. The Morgan fingerprint density at radius 2 is 1.73 bits per heavy atom. The van der Waals surface area contributed by atoms with Crippen molar-refractivity contribution in [2.24, 2.45) is 46.3 Å². The summed E-state index contributed by atoms with van der Waals surface area (Å²) in [7, 11) is 0. The number of rotatable bonds is 10. The topological polar surface area (TPSA) is 76.7 Å². The summed E-state index contributed by atoms with van der Waals surface area (Å²) in [6, 6.07) is 0. The Morgan fingerprint density at radius 3 is 2.39 bits per heavy atom. The number of amides is 2. The van der Waals surface area contributed by atoms with Crippen molar-refractivity contribution in [1.29, 1.82) is 0 Å². The Bertz CT molecular complexity index is 1040. The molecule has 0 radical (unpaired) electrons. The summed E-state index contributed by atoms with van der Waals surface area (Å²) in [4.78, 5) is 25.0. The molecular weight excluding hydrogens is 548 g/mol. The van der Waals surface area contributed by atoms with E-state index in [0.717, 1.165) is 54.8 Å². The monoisotopic (exact) mass is 615 g/mol. The number of nitrogens with one attached hydrogen (secondary N) is 2. The van der Waals surface area contributed by atoms with Gasteiger partial charge in [-0.3, -0.25) is 0 Å². The van der Waals surface area contributed by atoms with Gasteiger partial charge in [-0.15, -0.1) is 0 Å². The first-order valence-electron chi connectivity index (χ1n) is 18.1. The van der Waals surface area contributed by atoms with Gasteiger partial charge in [-0.05, 0) is 132 Å². The molecule has 2 N–H and O–H groups in total. The number of carbonyl (C=O) groups is 2. The first-order valence-corrected chi connectivity index (χ1v) is 18.1. The van der Waals surface area contributed by atoms with Crippen LogP contribution in [0.3, 0.4) is 0 Å². The lowest BCUT2D eigenvalue weighted by atomic mass is 9.47. The van der Waals surface area contributed by atoms with E-state index < -0.39 is 23.3 Å². The Labute approximate surface area is 269 Å². The Hall–Kier alpha value is -1.72. The third-order valence-electron chi connectivity index (χ3n) is 12.6. The van der Waals surface area contributed by atoms with Crippen LogP contribution in [0.25, 0.3) is 0 Å². The third-order valence-corrected chi connectivity index (χ3v) is 12.6. The molecule has 44 heavy (non-hydrogen) atoms. The Kier molecular flexibility index (Phi) is 10.8. The van der Waals surface area contributed by atoms with Crippen molar-refractivity contribution >= 4 is 12.2 Å². The van der Waals surface area contributed by atoms with Gasteiger partial charge in [-0.1, -0.05) is 65.5 Å². The zero-order valence-corrected chi connectivity index (χ0v) is 29.9. The lowest BCUT2D eigenvalue weighted by Gasteiger charge is -2.58. The zero-order valence-electron chi connectivity index (χ0n) is 29.9. The molecule has 0 aromatic carbocycles. The minimum Gasteiger partial charge on any atom is -0.446 e. The van der Waals surface area contributed by atoms with Crippen LogP contribution < -0.4 is 10.6 Å². The fourth-order valence-corrected chi connectivity index (χ4v) is 10.1. The SMILES string of the molecule is CC[C@H](CCCC1CCC2C3CC=C4CC(OC(=O)NCC(C)(C)NC(=O)OC(C)(C)C)CCC4(C)C3CCC12C)C(C)C. The van der Waals surface area contributed by atoms with E-state index in [1.807, 2.05) is 34.6 Å². The standard InChI is InChI=1S/C38H66N2O4/c1-11-26(25(2)3)13-12-14-27-16-18-31-30-17-15-28-23-29(19-21-38(28,10)32(30)20-22-37(27,31)9)43-33(41)39-24-36(7,8)40-34(42)44-35(4,5)6/h15,25-27,29-32H,11-14,16-24H2,1-10H3,(H,39,41)(H,40,42)/t26-,27?,29?,30?,31?,32?,37?,38?/m1/s1. The van der Waals surface area contributed by atoms with E-state index in [0.29, 0.717) is 5.41 Å². The molecule has 7 unspecified atom stereocenters. The molecule has 4 aliphatic rings. The average Bonchev–Trinajstić information content (AvgIpc) is 3.24. The molecule has 3 saturated carbocycles. The molecule has 8 atom stereocenters. The summed E-state index contributed by atoms with van der Waals surface area (Å²) in [6.45, 7) is 21.9. The summed E-state index contributed by atoms with van der Waals surface area (Å²) < 4.78 is 11.3. The van der Waals surface area contributed by atoms with Gasteiger partial charge in [0, 0.05) is 13.0 Å². The number of ether oxygens (including phenoxy) is 2. The smallest absolute Gasteiger partial charge is 0.408 e. The molecule has 0 aliphatic heterocycles. The van der Waals surface area contributed by atoms with Crippen molar-refractivity contribution in [2.45, 2.75) is 164 Å². The van der Waals surface area contributed by atoms with Gasteiger partial charge in [0.15, 0.2) is 0 Å². The molecule has 0 heterocycles. The lowest BCUT2D eigenvalue weighted by Crippen LogP contribution is -2.53. The second-order valence-corrected chi connectivity index (χ2v) is 17.6. The molecule has 4 aliphatic carbocycles. The van der Waals surface area contributed by atoms with Crippen molar-refractivity contribution in [1.82, 2.24) is 10.6 Å². The minimum absolute atomic E-state index is 0.0877. The predicted octanol–water partition coefficient (Wildman–Crippen LogP) is 9.82. The van der Waals surface area contributed by atoms with Gasteiger partial charge < -0.3 is 20.1 Å². The lowest BCUT2D eigenvalue weighted by molar-refractivity contribution is -0.0520. The normalized spacial score (nSPS) is 34.2. The van der Waals surface area contributed by atoms with Crippen LogP contribution in [0.4, 0.5) is 9.59 Å². The Morgan fingerprint density at radius 1 is 1.00 bits per heavy atom. The van der Waals surface area contributed by atoms with Crippen LogP contribution >= 0.6 is 0 Å².